The molecule has 2 heteroatoms. The Morgan fingerprint density at radius 2 is 0.938 bits per heavy atom. The normalized spacial score (nSPS) is 25.2. The van der Waals surface area contributed by atoms with Gasteiger partial charge in [-0.1, -0.05) is 0 Å². The molecule has 0 nitrogen and oxygen atoms in total. The maximum absolute atomic E-state index is 2.58. The first-order valence-corrected chi connectivity index (χ1v) is 10.9. The van der Waals surface area contributed by atoms with Gasteiger partial charge in [0, 0.05) is 0 Å². The molecule has 2 aliphatic carbocycles. The summed E-state index contributed by atoms with van der Waals surface area (Å²) in [6.45, 7) is 0. The van der Waals surface area contributed by atoms with Gasteiger partial charge in [0.1, 0.15) is 0 Å². The molecule has 0 amide bonds. The first-order valence-electron chi connectivity index (χ1n) is 6.91. The molecule has 16 heavy (non-hydrogen) atoms. The molecule has 0 N–H and O–H groups in total. The number of hydrogen-bond donors (Lipinski definition) is 0. The summed E-state index contributed by atoms with van der Waals surface area (Å²) < 4.78 is 0. The van der Waals surface area contributed by atoms with E-state index in [0.29, 0.717) is 0 Å². The second kappa shape index (κ2) is 7.98. The van der Waals surface area contributed by atoms with Crippen molar-refractivity contribution in [2.75, 3.05) is 0 Å². The molecule has 0 spiro atoms. The van der Waals surface area contributed by atoms with Crippen molar-refractivity contribution in [3.05, 3.63) is 9.95 Å². The van der Waals surface area contributed by atoms with Crippen molar-refractivity contribution in [1.82, 2.24) is 0 Å². The Bertz CT molecular complexity index is 179. The molecule has 2 aliphatic rings. The zero-order valence-electron chi connectivity index (χ0n) is 10.2. The van der Waals surface area contributed by atoms with Crippen molar-refractivity contribution in [2.24, 2.45) is 0 Å². The van der Waals surface area contributed by atoms with E-state index in [4.69, 9.17) is 0 Å². The fourth-order valence-corrected chi connectivity index (χ4v) is 7.83. The Morgan fingerprint density at radius 1 is 0.562 bits per heavy atom. The van der Waals surface area contributed by atoms with Gasteiger partial charge >= 0.3 is 114 Å². The standard InChI is InChI=1S/C14H24Se2/c1-3-7-13(8-4-1)15-11-12-16-14-9-5-2-6-10-14/h11-14H,1-10H2. The van der Waals surface area contributed by atoms with E-state index in [1.807, 2.05) is 0 Å². The van der Waals surface area contributed by atoms with E-state index in [2.05, 4.69) is 9.95 Å². The molecule has 0 heterocycles. The van der Waals surface area contributed by atoms with Crippen LogP contribution in [0.2, 0.25) is 9.63 Å². The van der Waals surface area contributed by atoms with Crippen LogP contribution in [-0.4, -0.2) is 29.9 Å². The van der Waals surface area contributed by atoms with Gasteiger partial charge in [-0.15, -0.1) is 0 Å². The topological polar surface area (TPSA) is 0 Å². The van der Waals surface area contributed by atoms with Gasteiger partial charge in [-0.3, -0.25) is 0 Å². The van der Waals surface area contributed by atoms with E-state index in [1.165, 1.54) is 64.2 Å². The Balaban J connectivity index is 1.57. The average Bonchev–Trinajstić information content (AvgIpc) is 2.37. The van der Waals surface area contributed by atoms with Crippen LogP contribution in [0.3, 0.4) is 0 Å². The molecule has 2 rings (SSSR count). The predicted octanol–water partition coefficient (Wildman–Crippen LogP) is 4.37. The van der Waals surface area contributed by atoms with E-state index >= 15 is 0 Å². The first-order chi connectivity index (χ1) is 7.95. The Morgan fingerprint density at radius 3 is 1.31 bits per heavy atom. The van der Waals surface area contributed by atoms with Crippen LogP contribution in [0.1, 0.15) is 64.2 Å². The minimum absolute atomic E-state index is 0.830. The SMILES string of the molecule is C(=C[Se]C1CCCCC1)[Se]C1CCCCC1. The van der Waals surface area contributed by atoms with Crippen LogP contribution in [-0.2, 0) is 0 Å². The molecule has 0 aromatic heterocycles. The van der Waals surface area contributed by atoms with Crippen LogP contribution in [0, 0.1) is 0 Å². The zero-order chi connectivity index (χ0) is 11.1. The van der Waals surface area contributed by atoms with Gasteiger partial charge in [0.15, 0.2) is 0 Å². The molecule has 0 unspecified atom stereocenters. The molecule has 2 fully saturated rings. The Labute approximate surface area is 113 Å². The first kappa shape index (κ1) is 13.2. The van der Waals surface area contributed by atoms with Crippen molar-refractivity contribution in [2.45, 2.75) is 73.8 Å². The second-order valence-electron chi connectivity index (χ2n) is 5.06. The van der Waals surface area contributed by atoms with Gasteiger partial charge in [-0.2, -0.15) is 0 Å². The van der Waals surface area contributed by atoms with Gasteiger partial charge in [-0.25, -0.2) is 0 Å². The molecule has 0 aromatic carbocycles. The van der Waals surface area contributed by atoms with Gasteiger partial charge in [0.2, 0.25) is 0 Å². The van der Waals surface area contributed by atoms with Crippen LogP contribution in [0.5, 0.6) is 0 Å². The molecule has 2 saturated carbocycles. The molecule has 0 aliphatic heterocycles. The van der Waals surface area contributed by atoms with Gasteiger partial charge in [-0.05, 0) is 0 Å². The van der Waals surface area contributed by atoms with Crippen LogP contribution in [0.4, 0.5) is 0 Å². The van der Waals surface area contributed by atoms with E-state index < -0.39 is 0 Å². The molecule has 0 saturated heterocycles. The van der Waals surface area contributed by atoms with Crippen LogP contribution in [0.15, 0.2) is 9.95 Å². The predicted molar refractivity (Wildman–Crippen MR) is 74.3 cm³/mol. The monoisotopic (exact) mass is 352 g/mol. The third-order valence-corrected chi connectivity index (χ3v) is 9.40. The summed E-state index contributed by atoms with van der Waals surface area (Å²) in [7, 11) is 0. The fraction of sp³-hybridized carbons (Fsp3) is 0.857. The molecule has 0 aromatic rings. The van der Waals surface area contributed by atoms with Crippen molar-refractivity contribution in [1.29, 1.82) is 0 Å². The summed E-state index contributed by atoms with van der Waals surface area (Å²) in [6, 6.07) is 0. The van der Waals surface area contributed by atoms with Crippen LogP contribution in [0.25, 0.3) is 0 Å². The summed E-state index contributed by atoms with van der Waals surface area (Å²) in [5, 5.41) is 0. The average molecular weight is 350 g/mol. The molecule has 0 bridgehead atoms. The molecule has 0 radical (unpaired) electrons. The van der Waals surface area contributed by atoms with Crippen molar-refractivity contribution in [3.8, 4) is 0 Å². The summed E-state index contributed by atoms with van der Waals surface area (Å²) >= 11 is 1.66. The van der Waals surface area contributed by atoms with E-state index in [1.54, 1.807) is 0 Å². The van der Waals surface area contributed by atoms with Crippen molar-refractivity contribution >= 4 is 29.9 Å². The summed E-state index contributed by atoms with van der Waals surface area (Å²) in [5.74, 6) is 0. The quantitative estimate of drug-likeness (QED) is 0.661. The summed E-state index contributed by atoms with van der Waals surface area (Å²) in [5.41, 5.74) is 0. The van der Waals surface area contributed by atoms with Gasteiger partial charge < -0.3 is 0 Å². The molecular weight excluding hydrogens is 326 g/mol. The Kier molecular flexibility index (Phi) is 6.59. The van der Waals surface area contributed by atoms with Crippen LogP contribution >= 0.6 is 0 Å². The number of rotatable bonds is 4. The molecule has 0 atom stereocenters. The summed E-state index contributed by atoms with van der Waals surface area (Å²) in [6.07, 6.45) is 15.2. The van der Waals surface area contributed by atoms with Crippen molar-refractivity contribution in [3.63, 3.8) is 0 Å². The Hall–Kier alpha value is 0.779. The van der Waals surface area contributed by atoms with Gasteiger partial charge in [0.05, 0.1) is 0 Å². The second-order valence-corrected chi connectivity index (χ2v) is 10.1. The van der Waals surface area contributed by atoms with Crippen LogP contribution < -0.4 is 0 Å². The van der Waals surface area contributed by atoms with Gasteiger partial charge in [0.25, 0.3) is 0 Å². The maximum atomic E-state index is 2.58. The third kappa shape index (κ3) is 4.96. The fourth-order valence-electron chi connectivity index (χ4n) is 2.69. The molecule has 92 valence electrons. The number of hydrogen-bond acceptors (Lipinski definition) is 0. The summed E-state index contributed by atoms with van der Waals surface area (Å²) in [4.78, 5) is 7.36. The van der Waals surface area contributed by atoms with E-state index in [0.717, 1.165) is 39.5 Å². The van der Waals surface area contributed by atoms with E-state index in [9.17, 15) is 0 Å². The van der Waals surface area contributed by atoms with Crippen molar-refractivity contribution < 1.29 is 0 Å². The van der Waals surface area contributed by atoms with E-state index in [-0.39, 0.29) is 0 Å². The molecular formula is C14H24Se2. The zero-order valence-corrected chi connectivity index (χ0v) is 13.6. The minimum atomic E-state index is 0.830. The third-order valence-electron chi connectivity index (χ3n) is 3.70.